The topological polar surface area (TPSA) is 64.1 Å². The van der Waals surface area contributed by atoms with Crippen molar-refractivity contribution in [1.82, 2.24) is 14.9 Å². The average molecular weight is 266 g/mol. The van der Waals surface area contributed by atoms with Gasteiger partial charge in [-0.3, -0.25) is 5.10 Å². The zero-order valence-electron chi connectivity index (χ0n) is 10.1. The van der Waals surface area contributed by atoms with Crippen LogP contribution in [-0.4, -0.2) is 29.1 Å². The normalized spacial score (nSPS) is 10.1. The second-order valence-electron chi connectivity index (χ2n) is 3.54. The fraction of sp³-hybridized carbons (Fsp3) is 0.273. The smallest absolute Gasteiger partial charge is 0.214 e. The summed E-state index contributed by atoms with van der Waals surface area (Å²) in [6.45, 7) is 0.550. The Balaban J connectivity index is 2.17. The predicted octanol–water partition coefficient (Wildman–Crippen LogP) is 1.70. The van der Waals surface area contributed by atoms with E-state index in [1.807, 2.05) is 18.2 Å². The van der Waals surface area contributed by atoms with E-state index >= 15 is 0 Å². The van der Waals surface area contributed by atoms with Gasteiger partial charge in [-0.05, 0) is 30.4 Å². The fourth-order valence-corrected chi connectivity index (χ4v) is 1.72. The van der Waals surface area contributed by atoms with E-state index in [9.17, 15) is 0 Å². The quantitative estimate of drug-likeness (QED) is 0.806. The highest BCUT2D eigenvalue weighted by atomic mass is 32.1. The van der Waals surface area contributed by atoms with E-state index in [2.05, 4.69) is 15.6 Å². The molecule has 0 amide bonds. The molecule has 1 aromatic heterocycles. The van der Waals surface area contributed by atoms with Gasteiger partial charge in [-0.2, -0.15) is 5.10 Å². The molecule has 0 radical (unpaired) electrons. The van der Waals surface area contributed by atoms with Crippen LogP contribution >= 0.6 is 12.2 Å². The highest BCUT2D eigenvalue weighted by molar-refractivity contribution is 7.71. The molecule has 0 atom stereocenters. The van der Waals surface area contributed by atoms with Crippen molar-refractivity contribution in [2.75, 3.05) is 19.6 Å². The van der Waals surface area contributed by atoms with Gasteiger partial charge in [0.1, 0.15) is 17.8 Å². The molecule has 0 saturated carbocycles. The Morgan fingerprint density at radius 2 is 2.22 bits per heavy atom. The molecule has 0 spiro atoms. The van der Waals surface area contributed by atoms with Crippen LogP contribution in [0.1, 0.15) is 5.56 Å². The lowest BCUT2D eigenvalue weighted by molar-refractivity contribution is 0.399. The third kappa shape index (κ3) is 2.62. The van der Waals surface area contributed by atoms with E-state index in [1.165, 1.54) is 0 Å². The molecule has 0 aliphatic rings. The molecule has 6 nitrogen and oxygen atoms in total. The highest BCUT2D eigenvalue weighted by Crippen LogP contribution is 2.23. The van der Waals surface area contributed by atoms with Crippen LogP contribution in [0, 0.1) is 4.77 Å². The molecule has 2 aromatic rings. The van der Waals surface area contributed by atoms with E-state index in [0.717, 1.165) is 17.1 Å². The Morgan fingerprint density at radius 1 is 1.39 bits per heavy atom. The minimum atomic E-state index is 0.511. The van der Waals surface area contributed by atoms with Gasteiger partial charge in [0.05, 0.1) is 20.8 Å². The van der Waals surface area contributed by atoms with Crippen molar-refractivity contribution in [3.63, 3.8) is 0 Å². The molecule has 0 saturated heterocycles. The molecular formula is C11H14N4O2S. The van der Waals surface area contributed by atoms with Gasteiger partial charge in [-0.25, -0.2) is 4.68 Å². The van der Waals surface area contributed by atoms with Crippen LogP contribution in [0.3, 0.4) is 0 Å². The number of hydrogen-bond acceptors (Lipinski definition) is 5. The van der Waals surface area contributed by atoms with Crippen molar-refractivity contribution in [3.8, 4) is 11.5 Å². The standard InChI is InChI=1S/C11H14N4O2S/c1-16-9-3-4-10(17-2)8(5-9)6-13-15-7-12-14-11(15)18/h3-5,7,13H,6H2,1-2H3,(H,14,18). The Hall–Kier alpha value is -2.02. The van der Waals surface area contributed by atoms with E-state index in [4.69, 9.17) is 21.7 Å². The molecular weight excluding hydrogens is 252 g/mol. The van der Waals surface area contributed by atoms with Crippen LogP contribution in [0.5, 0.6) is 11.5 Å². The molecule has 1 heterocycles. The number of aromatic nitrogens is 3. The minimum Gasteiger partial charge on any atom is -0.497 e. The molecule has 96 valence electrons. The van der Waals surface area contributed by atoms with Crippen LogP contribution < -0.4 is 14.9 Å². The van der Waals surface area contributed by atoms with Crippen molar-refractivity contribution in [1.29, 1.82) is 0 Å². The monoisotopic (exact) mass is 266 g/mol. The van der Waals surface area contributed by atoms with Crippen molar-refractivity contribution in [2.24, 2.45) is 0 Å². The third-order valence-electron chi connectivity index (χ3n) is 2.48. The van der Waals surface area contributed by atoms with Gasteiger partial charge in [0.25, 0.3) is 0 Å². The summed E-state index contributed by atoms with van der Waals surface area (Å²) in [7, 11) is 3.26. The lowest BCUT2D eigenvalue weighted by atomic mass is 10.2. The predicted molar refractivity (Wildman–Crippen MR) is 70.0 cm³/mol. The number of nitrogens with one attached hydrogen (secondary N) is 2. The maximum atomic E-state index is 5.29. The molecule has 0 aliphatic heterocycles. The van der Waals surface area contributed by atoms with Crippen LogP contribution in [0.4, 0.5) is 0 Å². The van der Waals surface area contributed by atoms with E-state index in [-0.39, 0.29) is 0 Å². The lowest BCUT2D eigenvalue weighted by Gasteiger charge is -2.12. The summed E-state index contributed by atoms with van der Waals surface area (Å²) in [6.07, 6.45) is 1.58. The first-order valence-corrected chi connectivity index (χ1v) is 5.72. The first-order chi connectivity index (χ1) is 8.74. The molecule has 0 fully saturated rings. The van der Waals surface area contributed by atoms with Crippen molar-refractivity contribution >= 4 is 12.2 Å². The molecule has 0 aliphatic carbocycles. The molecule has 18 heavy (non-hydrogen) atoms. The first-order valence-electron chi connectivity index (χ1n) is 5.31. The van der Waals surface area contributed by atoms with Gasteiger partial charge in [-0.15, -0.1) is 0 Å². The Labute approximate surface area is 110 Å². The molecule has 0 unspecified atom stereocenters. The van der Waals surface area contributed by atoms with Crippen molar-refractivity contribution < 1.29 is 9.47 Å². The van der Waals surface area contributed by atoms with Gasteiger partial charge in [0.15, 0.2) is 0 Å². The van der Waals surface area contributed by atoms with Gasteiger partial charge in [-0.1, -0.05) is 0 Å². The zero-order valence-corrected chi connectivity index (χ0v) is 11.0. The Bertz CT molecular complexity index is 578. The van der Waals surface area contributed by atoms with Gasteiger partial charge in [0, 0.05) is 5.56 Å². The second-order valence-corrected chi connectivity index (χ2v) is 3.93. The summed E-state index contributed by atoms with van der Waals surface area (Å²) >= 11 is 5.04. The van der Waals surface area contributed by atoms with Crippen LogP contribution in [-0.2, 0) is 6.54 Å². The summed E-state index contributed by atoms with van der Waals surface area (Å²) in [5.74, 6) is 1.57. The summed E-state index contributed by atoms with van der Waals surface area (Å²) in [5, 5.41) is 6.49. The summed E-state index contributed by atoms with van der Waals surface area (Å²) in [6, 6.07) is 5.63. The number of nitrogens with zero attached hydrogens (tertiary/aromatic N) is 2. The average Bonchev–Trinajstić information content (AvgIpc) is 2.81. The number of aromatic amines is 1. The third-order valence-corrected chi connectivity index (χ3v) is 2.77. The molecule has 1 aromatic carbocycles. The van der Waals surface area contributed by atoms with Crippen molar-refractivity contribution in [3.05, 3.63) is 34.9 Å². The van der Waals surface area contributed by atoms with Gasteiger partial charge in [0.2, 0.25) is 4.77 Å². The number of hydrogen-bond donors (Lipinski definition) is 2. The van der Waals surface area contributed by atoms with E-state index < -0.39 is 0 Å². The fourth-order valence-electron chi connectivity index (χ4n) is 1.55. The molecule has 2 N–H and O–H groups in total. The molecule has 2 rings (SSSR count). The van der Waals surface area contributed by atoms with Gasteiger partial charge < -0.3 is 14.9 Å². The zero-order chi connectivity index (χ0) is 13.0. The van der Waals surface area contributed by atoms with Crippen molar-refractivity contribution in [2.45, 2.75) is 6.54 Å². The summed E-state index contributed by atoms with van der Waals surface area (Å²) < 4.78 is 12.6. The largest absolute Gasteiger partial charge is 0.497 e. The summed E-state index contributed by atoms with van der Waals surface area (Å²) in [5.41, 5.74) is 4.09. The summed E-state index contributed by atoms with van der Waals surface area (Å²) in [4.78, 5) is 0. The van der Waals surface area contributed by atoms with Gasteiger partial charge >= 0.3 is 0 Å². The number of benzene rings is 1. The molecule has 7 heteroatoms. The second kappa shape index (κ2) is 5.54. The van der Waals surface area contributed by atoms with Crippen LogP contribution in [0.2, 0.25) is 0 Å². The maximum Gasteiger partial charge on any atom is 0.214 e. The Kier molecular flexibility index (Phi) is 3.83. The SMILES string of the molecule is COc1ccc(OC)c(CNn2cn[nH]c2=S)c1. The number of H-pyrrole nitrogens is 1. The van der Waals surface area contributed by atoms with E-state index in [0.29, 0.717) is 11.3 Å². The number of rotatable bonds is 5. The Morgan fingerprint density at radius 3 is 2.83 bits per heavy atom. The van der Waals surface area contributed by atoms with E-state index in [1.54, 1.807) is 25.2 Å². The first kappa shape index (κ1) is 12.4. The minimum absolute atomic E-state index is 0.511. The van der Waals surface area contributed by atoms with Crippen LogP contribution in [0.25, 0.3) is 0 Å². The number of ether oxygens (including phenoxy) is 2. The van der Waals surface area contributed by atoms with Crippen LogP contribution in [0.15, 0.2) is 24.5 Å². The maximum absolute atomic E-state index is 5.29. The lowest BCUT2D eigenvalue weighted by Crippen LogP contribution is -2.14. The molecule has 0 bridgehead atoms. The number of methoxy groups -OCH3 is 2. The highest BCUT2D eigenvalue weighted by Gasteiger charge is 2.05.